The Balaban J connectivity index is 2.14. The van der Waals surface area contributed by atoms with Crippen molar-refractivity contribution in [3.8, 4) is 5.75 Å². The van der Waals surface area contributed by atoms with E-state index in [2.05, 4.69) is 20.9 Å². The first-order valence-corrected chi connectivity index (χ1v) is 6.89. The van der Waals surface area contributed by atoms with Crippen LogP contribution in [0.3, 0.4) is 0 Å². The number of hydrogen-bond donors (Lipinski definition) is 1. The van der Waals surface area contributed by atoms with Crippen LogP contribution in [0.1, 0.15) is 23.4 Å². The van der Waals surface area contributed by atoms with Crippen molar-refractivity contribution < 1.29 is 4.74 Å². The molecule has 3 nitrogen and oxygen atoms in total. The number of benzene rings is 1. The molecule has 1 aromatic carbocycles. The third-order valence-electron chi connectivity index (χ3n) is 2.32. The molecule has 1 aromatic heterocycles. The second-order valence-electron chi connectivity index (χ2n) is 3.73. The van der Waals surface area contributed by atoms with Gasteiger partial charge in [-0.1, -0.05) is 15.9 Å². The Labute approximate surface area is 113 Å². The van der Waals surface area contributed by atoms with Gasteiger partial charge in [-0.3, -0.25) is 4.98 Å². The van der Waals surface area contributed by atoms with Crippen molar-refractivity contribution in [1.29, 1.82) is 0 Å². The molecule has 0 spiro atoms. The van der Waals surface area contributed by atoms with E-state index in [1.807, 2.05) is 31.3 Å². The Kier molecular flexibility index (Phi) is 4.15. The van der Waals surface area contributed by atoms with Crippen LogP contribution in [-0.2, 0) is 6.61 Å². The molecule has 0 aliphatic carbocycles. The molecule has 5 heteroatoms. The van der Waals surface area contributed by atoms with E-state index in [-0.39, 0.29) is 6.04 Å². The summed E-state index contributed by atoms with van der Waals surface area (Å²) in [6.45, 7) is 2.48. The Morgan fingerprint density at radius 1 is 1.53 bits per heavy atom. The van der Waals surface area contributed by atoms with Gasteiger partial charge < -0.3 is 10.5 Å². The van der Waals surface area contributed by atoms with E-state index in [9.17, 15) is 0 Å². The van der Waals surface area contributed by atoms with Crippen LogP contribution in [0, 0.1) is 0 Å². The molecule has 0 saturated heterocycles. The summed E-state index contributed by atoms with van der Waals surface area (Å²) < 4.78 is 6.78. The highest BCUT2D eigenvalue weighted by molar-refractivity contribution is 9.10. The Hall–Kier alpha value is -0.910. The van der Waals surface area contributed by atoms with E-state index >= 15 is 0 Å². The minimum atomic E-state index is -0.0519. The number of ether oxygens (including phenoxy) is 1. The Bertz CT molecular complexity index is 485. The second-order valence-corrected chi connectivity index (χ2v) is 5.61. The lowest BCUT2D eigenvalue weighted by atomic mass is 10.1. The first-order chi connectivity index (χ1) is 8.16. The topological polar surface area (TPSA) is 48.1 Å². The first kappa shape index (κ1) is 12.5. The quantitative estimate of drug-likeness (QED) is 0.940. The van der Waals surface area contributed by atoms with Gasteiger partial charge >= 0.3 is 0 Å². The van der Waals surface area contributed by atoms with Crippen molar-refractivity contribution in [3.63, 3.8) is 0 Å². The zero-order valence-corrected chi connectivity index (χ0v) is 11.8. The summed E-state index contributed by atoms with van der Waals surface area (Å²) in [6.07, 6.45) is 1.81. The fraction of sp³-hybridized carbons (Fsp3) is 0.250. The lowest BCUT2D eigenvalue weighted by Gasteiger charge is -2.13. The first-order valence-electron chi connectivity index (χ1n) is 5.22. The molecule has 0 radical (unpaired) electrons. The van der Waals surface area contributed by atoms with Crippen LogP contribution in [0.5, 0.6) is 5.75 Å². The smallest absolute Gasteiger partial charge is 0.124 e. The van der Waals surface area contributed by atoms with Crippen LogP contribution in [0.4, 0.5) is 0 Å². The average molecular weight is 313 g/mol. The van der Waals surface area contributed by atoms with Gasteiger partial charge in [-0.25, -0.2) is 0 Å². The zero-order valence-electron chi connectivity index (χ0n) is 9.39. The summed E-state index contributed by atoms with van der Waals surface area (Å²) in [6, 6.07) is 5.83. The maximum Gasteiger partial charge on any atom is 0.124 e. The molecule has 0 saturated carbocycles. The van der Waals surface area contributed by atoms with Crippen LogP contribution in [-0.4, -0.2) is 4.98 Å². The molecule has 0 fully saturated rings. The molecule has 0 amide bonds. The van der Waals surface area contributed by atoms with Gasteiger partial charge in [-0.15, -0.1) is 11.3 Å². The van der Waals surface area contributed by atoms with Gasteiger partial charge in [-0.05, 0) is 25.1 Å². The van der Waals surface area contributed by atoms with E-state index in [0.717, 1.165) is 20.7 Å². The zero-order chi connectivity index (χ0) is 12.3. The average Bonchev–Trinajstić information content (AvgIpc) is 2.80. The van der Waals surface area contributed by atoms with Gasteiger partial charge in [0.25, 0.3) is 0 Å². The summed E-state index contributed by atoms with van der Waals surface area (Å²) in [7, 11) is 0. The number of rotatable bonds is 4. The van der Waals surface area contributed by atoms with Crippen molar-refractivity contribution in [2.75, 3.05) is 0 Å². The molecule has 1 atom stereocenters. The van der Waals surface area contributed by atoms with Crippen molar-refractivity contribution in [3.05, 3.63) is 44.8 Å². The van der Waals surface area contributed by atoms with Crippen molar-refractivity contribution >= 4 is 27.3 Å². The number of thiazole rings is 1. The third kappa shape index (κ3) is 3.28. The summed E-state index contributed by atoms with van der Waals surface area (Å²) in [5.74, 6) is 0.830. The van der Waals surface area contributed by atoms with Crippen molar-refractivity contribution in [2.24, 2.45) is 5.73 Å². The molecule has 2 aromatic rings. The maximum absolute atomic E-state index is 5.92. The van der Waals surface area contributed by atoms with E-state index in [4.69, 9.17) is 10.5 Å². The monoisotopic (exact) mass is 312 g/mol. The summed E-state index contributed by atoms with van der Waals surface area (Å²) in [5.41, 5.74) is 8.72. The number of hydrogen-bond acceptors (Lipinski definition) is 4. The fourth-order valence-electron chi connectivity index (χ4n) is 1.47. The third-order valence-corrected chi connectivity index (χ3v) is 3.56. The summed E-state index contributed by atoms with van der Waals surface area (Å²) >= 11 is 5.02. The summed E-state index contributed by atoms with van der Waals surface area (Å²) in [5, 5.41) is 0. The standard InChI is InChI=1S/C12H13BrN2OS/c1-8(14)11-4-9(13)2-3-12(11)16-6-10-5-15-7-17-10/h2-5,7-8H,6,14H2,1H3/t8-/m1/s1. The molecule has 2 N–H and O–H groups in total. The highest BCUT2D eigenvalue weighted by Gasteiger charge is 2.09. The molecule has 0 aliphatic heterocycles. The molecule has 17 heavy (non-hydrogen) atoms. The minimum absolute atomic E-state index is 0.0519. The van der Waals surface area contributed by atoms with Crippen LogP contribution in [0.2, 0.25) is 0 Å². The Morgan fingerprint density at radius 2 is 2.35 bits per heavy atom. The maximum atomic E-state index is 5.92. The highest BCUT2D eigenvalue weighted by Crippen LogP contribution is 2.28. The predicted molar refractivity (Wildman–Crippen MR) is 73.2 cm³/mol. The number of nitrogens with two attached hydrogens (primary N) is 1. The number of halogens is 1. The van der Waals surface area contributed by atoms with Crippen molar-refractivity contribution in [2.45, 2.75) is 19.6 Å². The molecule has 0 bridgehead atoms. The van der Waals surface area contributed by atoms with Gasteiger partial charge in [0, 0.05) is 22.3 Å². The van der Waals surface area contributed by atoms with E-state index in [1.54, 1.807) is 16.8 Å². The molecular weight excluding hydrogens is 300 g/mol. The minimum Gasteiger partial charge on any atom is -0.488 e. The van der Waals surface area contributed by atoms with Gasteiger partial charge in [0.2, 0.25) is 0 Å². The summed E-state index contributed by atoms with van der Waals surface area (Å²) in [4.78, 5) is 5.11. The lowest BCUT2D eigenvalue weighted by Crippen LogP contribution is -2.08. The molecule has 0 aliphatic rings. The molecule has 1 heterocycles. The number of nitrogens with zero attached hydrogens (tertiary/aromatic N) is 1. The highest BCUT2D eigenvalue weighted by atomic mass is 79.9. The van der Waals surface area contributed by atoms with Gasteiger partial charge in [-0.2, -0.15) is 0 Å². The molecule has 0 unspecified atom stereocenters. The molecule has 90 valence electrons. The van der Waals surface area contributed by atoms with Crippen molar-refractivity contribution in [1.82, 2.24) is 4.98 Å². The fourth-order valence-corrected chi connectivity index (χ4v) is 2.35. The molecular formula is C12H13BrN2OS. The van der Waals surface area contributed by atoms with Gasteiger partial charge in [0.1, 0.15) is 12.4 Å². The SMILES string of the molecule is C[C@@H](N)c1cc(Br)ccc1OCc1cncs1. The van der Waals surface area contributed by atoms with E-state index in [1.165, 1.54) is 0 Å². The molecule has 2 rings (SSSR count). The largest absolute Gasteiger partial charge is 0.488 e. The van der Waals surface area contributed by atoms with Gasteiger partial charge in [0.05, 0.1) is 10.4 Å². The predicted octanol–water partition coefficient (Wildman–Crippen LogP) is 3.50. The normalized spacial score (nSPS) is 12.4. The van der Waals surface area contributed by atoms with Crippen LogP contribution < -0.4 is 10.5 Å². The number of aromatic nitrogens is 1. The lowest BCUT2D eigenvalue weighted by molar-refractivity contribution is 0.304. The van der Waals surface area contributed by atoms with Crippen LogP contribution in [0.15, 0.2) is 34.4 Å². The van der Waals surface area contributed by atoms with E-state index < -0.39 is 0 Å². The van der Waals surface area contributed by atoms with Crippen LogP contribution in [0.25, 0.3) is 0 Å². The second kappa shape index (κ2) is 5.62. The van der Waals surface area contributed by atoms with E-state index in [0.29, 0.717) is 6.61 Å². The van der Waals surface area contributed by atoms with Crippen LogP contribution >= 0.6 is 27.3 Å². The Morgan fingerprint density at radius 3 is 3.00 bits per heavy atom. The van der Waals surface area contributed by atoms with Gasteiger partial charge in [0.15, 0.2) is 0 Å².